The van der Waals surface area contributed by atoms with E-state index in [1.165, 1.54) is 22.4 Å². The second-order valence-electron chi connectivity index (χ2n) is 18.4. The van der Waals surface area contributed by atoms with Gasteiger partial charge < -0.3 is 30.9 Å². The molecule has 3 aliphatic carbocycles. The van der Waals surface area contributed by atoms with E-state index >= 15 is 0 Å². The first kappa shape index (κ1) is 44.0. The number of halogens is 1. The van der Waals surface area contributed by atoms with Crippen LogP contribution in [-0.4, -0.2) is 45.7 Å². The molecule has 0 saturated heterocycles. The van der Waals surface area contributed by atoms with Crippen molar-refractivity contribution in [2.45, 2.75) is 114 Å². The standard InChI is InChI=1S/C52H60ClN5O5/c1-33(32-63-46-19-24-55-45-13-4-8-34(2)49(45)46)26-40-28-38-15-17-43(30-44(38)51(40)20-22-52(23-21-51,50(60)61)58-42-12-6-11-41(53)29-42)62-25-7-14-48(59)57-35(3)36-9-5-10-37(27-36)39-16-18-47(54)56-31-39/h5-6,9-12,15-19,24,27,29-31,33-35,40,58H,4,7-8,13-14,20-23,25-26,28,32H2,1-3H3,(H2,54,56)(H,57,59)(H,60,61)/t33-,34-,35+,40?,51?,52?/m1/s1. The predicted octanol–water partition coefficient (Wildman–Crippen LogP) is 10.9. The smallest absolute Gasteiger partial charge is 0.329 e. The number of nitrogens with two attached hydrogens (primary N) is 1. The molecule has 5 aromatic rings. The van der Waals surface area contributed by atoms with Crippen LogP contribution in [0, 0.1) is 11.8 Å². The van der Waals surface area contributed by atoms with Crippen LogP contribution in [0.15, 0.2) is 97.3 Å². The van der Waals surface area contributed by atoms with Gasteiger partial charge >= 0.3 is 5.97 Å². The van der Waals surface area contributed by atoms with Crippen LogP contribution in [0.2, 0.25) is 5.02 Å². The number of carboxylic acids is 1. The van der Waals surface area contributed by atoms with Crippen LogP contribution in [0.4, 0.5) is 11.5 Å². The van der Waals surface area contributed by atoms with E-state index in [1.807, 2.05) is 61.7 Å². The van der Waals surface area contributed by atoms with Gasteiger partial charge in [0.2, 0.25) is 5.91 Å². The van der Waals surface area contributed by atoms with Crippen molar-refractivity contribution in [1.29, 1.82) is 0 Å². The highest BCUT2D eigenvalue weighted by molar-refractivity contribution is 6.30. The Kier molecular flexibility index (Phi) is 13.3. The molecular weight excluding hydrogens is 810 g/mol. The number of nitrogens with one attached hydrogen (secondary N) is 2. The number of amides is 1. The maximum Gasteiger partial charge on any atom is 0.329 e. The van der Waals surface area contributed by atoms with Gasteiger partial charge in [-0.25, -0.2) is 9.78 Å². The number of carbonyl (C=O) groups excluding carboxylic acids is 1. The van der Waals surface area contributed by atoms with Crippen molar-refractivity contribution < 1.29 is 24.2 Å². The predicted molar refractivity (Wildman–Crippen MR) is 249 cm³/mol. The average molecular weight is 871 g/mol. The Balaban J connectivity index is 0.934. The van der Waals surface area contributed by atoms with Crippen molar-refractivity contribution >= 4 is 35.0 Å². The van der Waals surface area contributed by atoms with Crippen LogP contribution in [0.25, 0.3) is 11.1 Å². The van der Waals surface area contributed by atoms with E-state index < -0.39 is 11.5 Å². The molecule has 4 atom stereocenters. The van der Waals surface area contributed by atoms with Gasteiger partial charge in [0.25, 0.3) is 0 Å². The highest BCUT2D eigenvalue weighted by atomic mass is 35.5. The maximum absolute atomic E-state index is 13.1. The molecule has 2 heterocycles. The normalized spacial score (nSPS) is 22.3. The second-order valence-corrected chi connectivity index (χ2v) is 18.8. The van der Waals surface area contributed by atoms with E-state index in [2.05, 4.69) is 52.6 Å². The Morgan fingerprint density at radius 1 is 0.952 bits per heavy atom. The van der Waals surface area contributed by atoms with Crippen molar-refractivity contribution in [2.75, 3.05) is 24.3 Å². The summed E-state index contributed by atoms with van der Waals surface area (Å²) < 4.78 is 13.0. The molecule has 1 fully saturated rings. The molecule has 0 bridgehead atoms. The second kappa shape index (κ2) is 19.0. The van der Waals surface area contributed by atoms with Crippen LogP contribution in [-0.2, 0) is 27.8 Å². The molecule has 11 heteroatoms. The molecule has 8 rings (SSSR count). The molecule has 3 aliphatic rings. The number of hydrogen-bond acceptors (Lipinski definition) is 8. The summed E-state index contributed by atoms with van der Waals surface area (Å²) in [4.78, 5) is 35.1. The molecule has 330 valence electrons. The number of benzene rings is 3. The Labute approximate surface area is 376 Å². The first-order valence-electron chi connectivity index (χ1n) is 22.7. The minimum Gasteiger partial charge on any atom is -0.494 e. The van der Waals surface area contributed by atoms with Crippen molar-refractivity contribution in [3.8, 4) is 22.6 Å². The number of carboxylic acid groups (broad SMARTS) is 1. The van der Waals surface area contributed by atoms with E-state index in [9.17, 15) is 14.7 Å². The third-order valence-electron chi connectivity index (χ3n) is 14.0. The number of ether oxygens (including phenoxy) is 2. The monoisotopic (exact) mass is 869 g/mol. The zero-order chi connectivity index (χ0) is 44.1. The zero-order valence-electron chi connectivity index (χ0n) is 36.7. The summed E-state index contributed by atoms with van der Waals surface area (Å²) >= 11 is 6.32. The van der Waals surface area contributed by atoms with Gasteiger partial charge in [0.15, 0.2) is 0 Å². The van der Waals surface area contributed by atoms with Crippen LogP contribution >= 0.6 is 11.6 Å². The number of aryl methyl sites for hydroxylation is 1. The molecule has 2 aromatic heterocycles. The first-order valence-corrected chi connectivity index (χ1v) is 23.0. The number of anilines is 2. The molecule has 1 amide bonds. The number of nitrogen functional groups attached to an aromatic ring is 1. The highest BCUT2D eigenvalue weighted by Gasteiger charge is 2.54. The summed E-state index contributed by atoms with van der Waals surface area (Å²) in [5.74, 6) is 2.35. The molecule has 1 saturated carbocycles. The number of aliphatic carboxylic acids is 1. The molecule has 10 nitrogen and oxygen atoms in total. The Bertz CT molecular complexity index is 2410. The minimum atomic E-state index is -1.11. The van der Waals surface area contributed by atoms with E-state index in [4.69, 9.17) is 26.8 Å². The zero-order valence-corrected chi connectivity index (χ0v) is 37.4. The topological polar surface area (TPSA) is 149 Å². The largest absolute Gasteiger partial charge is 0.494 e. The van der Waals surface area contributed by atoms with Gasteiger partial charge in [-0.3, -0.25) is 9.78 Å². The number of pyridine rings is 2. The molecule has 5 N–H and O–H groups in total. The van der Waals surface area contributed by atoms with Crippen LogP contribution in [0.5, 0.6) is 11.5 Å². The quantitative estimate of drug-likeness (QED) is 0.0711. The number of fused-ring (bicyclic) bond motifs is 3. The van der Waals surface area contributed by atoms with Crippen molar-refractivity contribution in [3.63, 3.8) is 0 Å². The Morgan fingerprint density at radius 2 is 1.78 bits per heavy atom. The molecule has 3 aromatic carbocycles. The van der Waals surface area contributed by atoms with Crippen molar-refractivity contribution in [1.82, 2.24) is 15.3 Å². The van der Waals surface area contributed by atoms with Crippen LogP contribution < -0.4 is 25.8 Å². The lowest BCUT2D eigenvalue weighted by Crippen LogP contribution is -2.53. The van der Waals surface area contributed by atoms with Crippen LogP contribution in [0.1, 0.15) is 118 Å². The number of rotatable bonds is 16. The summed E-state index contributed by atoms with van der Waals surface area (Å²) in [5, 5.41) is 17.8. The number of nitrogens with zero attached hydrogens (tertiary/aromatic N) is 2. The van der Waals surface area contributed by atoms with E-state index in [0.29, 0.717) is 67.3 Å². The maximum atomic E-state index is 13.1. The van der Waals surface area contributed by atoms with Gasteiger partial charge in [0.1, 0.15) is 22.9 Å². The lowest BCUT2D eigenvalue weighted by atomic mass is 9.59. The lowest BCUT2D eigenvalue weighted by Gasteiger charge is -2.47. The van der Waals surface area contributed by atoms with Gasteiger partial charge in [-0.1, -0.05) is 55.8 Å². The van der Waals surface area contributed by atoms with E-state index in [-0.39, 0.29) is 23.3 Å². The number of hydrogen-bond donors (Lipinski definition) is 4. The molecule has 63 heavy (non-hydrogen) atoms. The van der Waals surface area contributed by atoms with Crippen molar-refractivity contribution in [3.05, 3.63) is 130 Å². The highest BCUT2D eigenvalue weighted by Crippen LogP contribution is 2.57. The number of aromatic nitrogens is 2. The molecule has 0 radical (unpaired) electrons. The summed E-state index contributed by atoms with van der Waals surface area (Å²) in [6.45, 7) is 7.55. The van der Waals surface area contributed by atoms with Gasteiger partial charge in [-0.15, -0.1) is 0 Å². The summed E-state index contributed by atoms with van der Waals surface area (Å²) in [6, 6.07) is 27.4. The fraction of sp³-hybridized carbons (Fsp3) is 0.423. The third-order valence-corrected chi connectivity index (χ3v) is 14.2. The molecular formula is C52H60ClN5O5. The first-order chi connectivity index (χ1) is 30.4. The van der Waals surface area contributed by atoms with Gasteiger partial charge in [-0.05, 0) is 171 Å². The van der Waals surface area contributed by atoms with Crippen LogP contribution in [0.3, 0.4) is 0 Å². The molecule has 1 unspecified atom stereocenters. The Hall–Kier alpha value is -5.61. The van der Waals surface area contributed by atoms with Gasteiger partial charge in [0, 0.05) is 46.3 Å². The third kappa shape index (κ3) is 9.81. The summed E-state index contributed by atoms with van der Waals surface area (Å²) in [6.07, 6.45) is 12.1. The SMILES string of the molecule is C[C@@H](COc1ccnc2c1[C@H](C)CCC2)CC1Cc2ccc(OCCCC(=O)N[C@@H](C)c3cccc(-c4ccc(N)nc4)c3)cc2C12CCC(Nc1cccc(Cl)c1)(C(=O)O)CC2. The van der Waals surface area contributed by atoms with E-state index in [1.54, 1.807) is 24.4 Å². The number of carbonyl (C=O) groups is 2. The average Bonchev–Trinajstić information content (AvgIpc) is 3.56. The van der Waals surface area contributed by atoms with Gasteiger partial charge in [0.05, 0.1) is 19.3 Å². The fourth-order valence-corrected chi connectivity index (χ4v) is 10.7. The summed E-state index contributed by atoms with van der Waals surface area (Å²) in [7, 11) is 0. The summed E-state index contributed by atoms with van der Waals surface area (Å²) in [5.41, 5.74) is 13.1. The minimum absolute atomic E-state index is 0.0340. The van der Waals surface area contributed by atoms with Gasteiger partial charge in [-0.2, -0.15) is 0 Å². The Morgan fingerprint density at radius 3 is 2.56 bits per heavy atom. The molecule has 0 aliphatic heterocycles. The van der Waals surface area contributed by atoms with E-state index in [0.717, 1.165) is 73.1 Å². The molecule has 1 spiro atoms. The lowest BCUT2D eigenvalue weighted by molar-refractivity contribution is -0.144. The van der Waals surface area contributed by atoms with Crippen molar-refractivity contribution in [2.24, 2.45) is 11.8 Å². The fourth-order valence-electron chi connectivity index (χ4n) is 10.5.